The summed E-state index contributed by atoms with van der Waals surface area (Å²) in [6.07, 6.45) is 0.767. The minimum absolute atomic E-state index is 0.341. The molecule has 18 heavy (non-hydrogen) atoms. The van der Waals surface area contributed by atoms with Crippen LogP contribution in [0.3, 0.4) is 0 Å². The van der Waals surface area contributed by atoms with Crippen LogP contribution in [0, 0.1) is 0 Å². The summed E-state index contributed by atoms with van der Waals surface area (Å²) in [5.41, 5.74) is 4.89. The Morgan fingerprint density at radius 2 is 1.78 bits per heavy atom. The summed E-state index contributed by atoms with van der Waals surface area (Å²) >= 11 is 0. The first-order valence-electron chi connectivity index (χ1n) is 5.72. The second-order valence-electron chi connectivity index (χ2n) is 4.38. The second kappa shape index (κ2) is 3.88. The number of carboxylic acid groups (broad SMARTS) is 1. The fraction of sp³-hybridized carbons (Fsp3) is 0.133. The number of aromatic carboxylic acids is 1. The zero-order valence-electron chi connectivity index (χ0n) is 9.93. The molecule has 0 aromatic heterocycles. The smallest absolute Gasteiger partial charge is 0.335 e. The number of carboxylic acids is 1. The lowest BCUT2D eigenvalue weighted by atomic mass is 10.0. The van der Waals surface area contributed by atoms with Crippen LogP contribution >= 0.6 is 0 Å². The number of ether oxygens (including phenoxy) is 1. The van der Waals surface area contributed by atoms with E-state index in [0.717, 1.165) is 23.3 Å². The van der Waals surface area contributed by atoms with Crippen LogP contribution in [0.1, 0.15) is 21.5 Å². The molecule has 0 fully saturated rings. The molecule has 90 valence electrons. The highest BCUT2D eigenvalue weighted by Gasteiger charge is 2.20. The van der Waals surface area contributed by atoms with Crippen molar-refractivity contribution in [3.8, 4) is 16.9 Å². The molecule has 3 nitrogen and oxygen atoms in total. The first kappa shape index (κ1) is 10.8. The fourth-order valence-corrected chi connectivity index (χ4v) is 2.45. The SMILES string of the molecule is COc1ccc2c(c1)Cc1cc(C(=O)O)ccc1-2. The van der Waals surface area contributed by atoms with Gasteiger partial charge in [-0.25, -0.2) is 4.79 Å². The van der Waals surface area contributed by atoms with E-state index in [9.17, 15) is 4.79 Å². The summed E-state index contributed by atoms with van der Waals surface area (Å²) in [5.74, 6) is -0.0497. The Bertz CT molecular complexity index is 644. The van der Waals surface area contributed by atoms with Crippen molar-refractivity contribution in [1.29, 1.82) is 0 Å². The van der Waals surface area contributed by atoms with Crippen LogP contribution in [0.15, 0.2) is 36.4 Å². The average molecular weight is 240 g/mol. The van der Waals surface area contributed by atoms with Gasteiger partial charge in [-0.3, -0.25) is 0 Å². The molecule has 0 saturated heterocycles. The van der Waals surface area contributed by atoms with Gasteiger partial charge in [0.15, 0.2) is 0 Å². The number of hydrogen-bond acceptors (Lipinski definition) is 2. The molecule has 1 N–H and O–H groups in total. The van der Waals surface area contributed by atoms with Crippen LogP contribution in [-0.2, 0) is 6.42 Å². The molecule has 0 bridgehead atoms. The number of rotatable bonds is 2. The Balaban J connectivity index is 2.10. The van der Waals surface area contributed by atoms with Crippen LogP contribution in [0.5, 0.6) is 5.75 Å². The van der Waals surface area contributed by atoms with E-state index in [-0.39, 0.29) is 0 Å². The van der Waals surface area contributed by atoms with Gasteiger partial charge in [-0.05, 0) is 52.9 Å². The third-order valence-corrected chi connectivity index (χ3v) is 3.34. The zero-order valence-corrected chi connectivity index (χ0v) is 9.93. The molecule has 1 aliphatic rings. The predicted molar refractivity (Wildman–Crippen MR) is 68.2 cm³/mol. The van der Waals surface area contributed by atoms with Gasteiger partial charge in [-0.15, -0.1) is 0 Å². The summed E-state index contributed by atoms with van der Waals surface area (Å²) < 4.78 is 5.21. The highest BCUT2D eigenvalue weighted by molar-refractivity contribution is 5.90. The molecular weight excluding hydrogens is 228 g/mol. The first-order valence-corrected chi connectivity index (χ1v) is 5.72. The lowest BCUT2D eigenvalue weighted by Gasteiger charge is -2.04. The average Bonchev–Trinajstić information content (AvgIpc) is 2.74. The van der Waals surface area contributed by atoms with Gasteiger partial charge in [0.25, 0.3) is 0 Å². The molecule has 0 heterocycles. The molecular formula is C15H12O3. The van der Waals surface area contributed by atoms with Crippen molar-refractivity contribution in [2.75, 3.05) is 7.11 Å². The van der Waals surface area contributed by atoms with Crippen molar-refractivity contribution in [3.05, 3.63) is 53.1 Å². The Labute approximate surface area is 105 Å². The van der Waals surface area contributed by atoms with E-state index in [1.165, 1.54) is 11.1 Å². The van der Waals surface area contributed by atoms with Crippen molar-refractivity contribution < 1.29 is 14.6 Å². The van der Waals surface area contributed by atoms with E-state index in [0.29, 0.717) is 5.56 Å². The van der Waals surface area contributed by atoms with Crippen molar-refractivity contribution in [1.82, 2.24) is 0 Å². The molecule has 3 heteroatoms. The van der Waals surface area contributed by atoms with Gasteiger partial charge in [0.05, 0.1) is 12.7 Å². The first-order chi connectivity index (χ1) is 8.69. The van der Waals surface area contributed by atoms with Crippen molar-refractivity contribution >= 4 is 5.97 Å². The summed E-state index contributed by atoms with van der Waals surface area (Å²) in [5, 5.41) is 9.00. The standard InChI is InChI=1S/C15H12O3/c1-18-12-3-5-14-11(8-12)7-10-6-9(15(16)17)2-4-13(10)14/h2-6,8H,7H2,1H3,(H,16,17). The second-order valence-corrected chi connectivity index (χ2v) is 4.38. The normalized spacial score (nSPS) is 11.8. The summed E-state index contributed by atoms with van der Waals surface area (Å²) in [7, 11) is 1.65. The predicted octanol–water partition coefficient (Wildman–Crippen LogP) is 2.96. The molecule has 0 atom stereocenters. The van der Waals surface area contributed by atoms with Gasteiger partial charge in [-0.2, -0.15) is 0 Å². The quantitative estimate of drug-likeness (QED) is 0.749. The van der Waals surface area contributed by atoms with Gasteiger partial charge in [0, 0.05) is 0 Å². The van der Waals surface area contributed by atoms with E-state index in [2.05, 4.69) is 0 Å². The fourth-order valence-electron chi connectivity index (χ4n) is 2.45. The molecule has 0 unspecified atom stereocenters. The maximum absolute atomic E-state index is 11.0. The van der Waals surface area contributed by atoms with Crippen molar-refractivity contribution in [2.45, 2.75) is 6.42 Å². The van der Waals surface area contributed by atoms with Crippen LogP contribution in [0.25, 0.3) is 11.1 Å². The van der Waals surface area contributed by atoms with E-state index < -0.39 is 5.97 Å². The van der Waals surface area contributed by atoms with Crippen LogP contribution < -0.4 is 4.74 Å². The Morgan fingerprint density at radius 1 is 1.11 bits per heavy atom. The molecule has 2 aromatic rings. The number of methoxy groups -OCH3 is 1. The van der Waals surface area contributed by atoms with Gasteiger partial charge >= 0.3 is 5.97 Å². The molecule has 0 aliphatic heterocycles. The Morgan fingerprint density at radius 3 is 2.44 bits per heavy atom. The van der Waals surface area contributed by atoms with E-state index in [1.807, 2.05) is 24.3 Å². The number of fused-ring (bicyclic) bond motifs is 3. The molecule has 0 radical (unpaired) electrons. The van der Waals surface area contributed by atoms with Crippen LogP contribution in [0.4, 0.5) is 0 Å². The summed E-state index contributed by atoms with van der Waals surface area (Å²) in [4.78, 5) is 11.0. The molecule has 3 rings (SSSR count). The molecule has 2 aromatic carbocycles. The lowest BCUT2D eigenvalue weighted by Crippen LogP contribution is -1.96. The number of benzene rings is 2. The van der Waals surface area contributed by atoms with Gasteiger partial charge in [-0.1, -0.05) is 12.1 Å². The van der Waals surface area contributed by atoms with Crippen LogP contribution in [0.2, 0.25) is 0 Å². The summed E-state index contributed by atoms with van der Waals surface area (Å²) in [6, 6.07) is 11.3. The number of hydrogen-bond donors (Lipinski definition) is 1. The Kier molecular flexibility index (Phi) is 2.33. The van der Waals surface area contributed by atoms with E-state index >= 15 is 0 Å². The molecule has 0 saturated carbocycles. The van der Waals surface area contributed by atoms with Crippen molar-refractivity contribution in [3.63, 3.8) is 0 Å². The highest BCUT2D eigenvalue weighted by atomic mass is 16.5. The van der Waals surface area contributed by atoms with E-state index in [4.69, 9.17) is 9.84 Å². The lowest BCUT2D eigenvalue weighted by molar-refractivity contribution is 0.0697. The Hall–Kier alpha value is -2.29. The topological polar surface area (TPSA) is 46.5 Å². The largest absolute Gasteiger partial charge is 0.497 e. The number of carbonyl (C=O) groups is 1. The monoisotopic (exact) mass is 240 g/mol. The molecule has 0 amide bonds. The maximum atomic E-state index is 11.0. The van der Waals surface area contributed by atoms with Gasteiger partial charge < -0.3 is 9.84 Å². The van der Waals surface area contributed by atoms with Gasteiger partial charge in [0.2, 0.25) is 0 Å². The van der Waals surface area contributed by atoms with Gasteiger partial charge in [0.1, 0.15) is 5.75 Å². The summed E-state index contributed by atoms with van der Waals surface area (Å²) in [6.45, 7) is 0. The third-order valence-electron chi connectivity index (χ3n) is 3.34. The zero-order chi connectivity index (χ0) is 12.7. The third kappa shape index (κ3) is 1.56. The van der Waals surface area contributed by atoms with E-state index in [1.54, 1.807) is 19.2 Å². The maximum Gasteiger partial charge on any atom is 0.335 e. The minimum Gasteiger partial charge on any atom is -0.497 e. The highest BCUT2D eigenvalue weighted by Crippen LogP contribution is 2.38. The molecule has 0 spiro atoms. The van der Waals surface area contributed by atoms with Crippen molar-refractivity contribution in [2.24, 2.45) is 0 Å². The van der Waals surface area contributed by atoms with Crippen LogP contribution in [-0.4, -0.2) is 18.2 Å². The molecule has 1 aliphatic carbocycles. The minimum atomic E-state index is -0.883.